The fourth-order valence-corrected chi connectivity index (χ4v) is 3.41. The zero-order chi connectivity index (χ0) is 22.3. The summed E-state index contributed by atoms with van der Waals surface area (Å²) in [5, 5.41) is 0.195. The Balaban J connectivity index is 0.00000148. The minimum atomic E-state index is -2.92. The van der Waals surface area contributed by atoms with Crippen molar-refractivity contribution in [3.05, 3.63) is 36.2 Å². The molecule has 2 aromatic heterocycles. The molecular weight excluding hydrogens is 443 g/mol. The molecule has 2 heterocycles. The number of ether oxygens (including phenoxy) is 3. The molecule has 3 rings (SSSR count). The maximum absolute atomic E-state index is 12.6. The summed E-state index contributed by atoms with van der Waals surface area (Å²) in [6, 6.07) is 5.89. The van der Waals surface area contributed by atoms with Crippen LogP contribution in [0.1, 0.15) is 21.0 Å². The van der Waals surface area contributed by atoms with Crippen LogP contribution in [0, 0.1) is 0 Å². The summed E-state index contributed by atoms with van der Waals surface area (Å²) in [6.07, 6.45) is 1.53. The van der Waals surface area contributed by atoms with E-state index in [-0.39, 0.29) is 53.4 Å². The van der Waals surface area contributed by atoms with Crippen LogP contribution in [0.5, 0.6) is 17.2 Å². The molecule has 1 atom stereocenters. The minimum Gasteiger partial charge on any atom is -1.00 e. The number of methoxy groups -OCH3 is 2. The molecule has 0 aliphatic carbocycles. The SMILES string of the molecule is CC(C)=O.COc1ccnc(CS(=O)c2nc3ccc(OC(F)F)cc3[nH]2)c1OC.[H-].[Na+]. The van der Waals surface area contributed by atoms with E-state index in [0.29, 0.717) is 28.2 Å². The van der Waals surface area contributed by atoms with Gasteiger partial charge in [-0.15, -0.1) is 0 Å². The molecular formula is C19H22F2N3NaO5S. The van der Waals surface area contributed by atoms with Crippen molar-refractivity contribution >= 4 is 27.6 Å². The first kappa shape index (κ1) is 27.0. The smallest absolute Gasteiger partial charge is 1.00 e. The average molecular weight is 465 g/mol. The molecule has 1 aromatic carbocycles. The number of carbonyl (C=O) groups excluding carboxylic acids is 1. The van der Waals surface area contributed by atoms with Crippen molar-refractivity contribution in [1.29, 1.82) is 0 Å². The van der Waals surface area contributed by atoms with Crippen molar-refractivity contribution in [2.45, 2.75) is 31.4 Å². The van der Waals surface area contributed by atoms with Gasteiger partial charge in [0, 0.05) is 18.3 Å². The number of nitrogens with one attached hydrogen (secondary N) is 1. The number of fused-ring (bicyclic) bond motifs is 1. The number of halogens is 2. The summed E-state index contributed by atoms with van der Waals surface area (Å²) in [6.45, 7) is 0.135. The number of rotatable bonds is 7. The molecule has 0 radical (unpaired) electrons. The van der Waals surface area contributed by atoms with E-state index >= 15 is 0 Å². The number of hydrogen-bond donors (Lipinski definition) is 1. The van der Waals surface area contributed by atoms with Gasteiger partial charge in [0.1, 0.15) is 11.5 Å². The second-order valence-corrected chi connectivity index (χ2v) is 7.36. The van der Waals surface area contributed by atoms with E-state index < -0.39 is 17.4 Å². The van der Waals surface area contributed by atoms with E-state index in [2.05, 4.69) is 19.7 Å². The van der Waals surface area contributed by atoms with Gasteiger partial charge in [-0.3, -0.25) is 9.19 Å². The number of aromatic amines is 1. The van der Waals surface area contributed by atoms with E-state index in [1.54, 1.807) is 6.07 Å². The monoisotopic (exact) mass is 465 g/mol. The number of ketones is 1. The number of carbonyl (C=O) groups is 1. The maximum Gasteiger partial charge on any atom is 1.00 e. The Bertz CT molecular complexity index is 1050. The van der Waals surface area contributed by atoms with Gasteiger partial charge in [0.25, 0.3) is 0 Å². The summed E-state index contributed by atoms with van der Waals surface area (Å²) in [5.74, 6) is 1.07. The largest absolute Gasteiger partial charge is 1.00 e. The van der Waals surface area contributed by atoms with Gasteiger partial charge < -0.3 is 25.4 Å². The van der Waals surface area contributed by atoms with Crippen LogP contribution in [-0.4, -0.2) is 45.8 Å². The number of H-pyrrole nitrogens is 1. The van der Waals surface area contributed by atoms with Gasteiger partial charge in [0.2, 0.25) is 0 Å². The minimum absolute atomic E-state index is 0. The first-order valence-corrected chi connectivity index (χ1v) is 9.93. The summed E-state index contributed by atoms with van der Waals surface area (Å²) < 4.78 is 52.1. The Morgan fingerprint density at radius 3 is 2.48 bits per heavy atom. The third-order valence-electron chi connectivity index (χ3n) is 3.51. The van der Waals surface area contributed by atoms with Crippen molar-refractivity contribution in [3.8, 4) is 17.2 Å². The molecule has 0 spiro atoms. The number of pyridine rings is 1. The predicted octanol–water partition coefficient (Wildman–Crippen LogP) is 0.596. The molecule has 0 bridgehead atoms. The molecule has 1 unspecified atom stereocenters. The topological polar surface area (TPSA) is 103 Å². The molecule has 8 nitrogen and oxygen atoms in total. The van der Waals surface area contributed by atoms with E-state index in [0.717, 1.165) is 0 Å². The van der Waals surface area contributed by atoms with Crippen molar-refractivity contribution in [2.24, 2.45) is 0 Å². The molecule has 0 aliphatic heterocycles. The fourth-order valence-electron chi connectivity index (χ4n) is 2.40. The number of imidazole rings is 1. The first-order chi connectivity index (χ1) is 14.2. The van der Waals surface area contributed by atoms with Crippen LogP contribution in [0.2, 0.25) is 0 Å². The van der Waals surface area contributed by atoms with Crippen LogP contribution < -0.4 is 43.8 Å². The summed E-state index contributed by atoms with van der Waals surface area (Å²) in [7, 11) is 1.41. The second-order valence-electron chi connectivity index (χ2n) is 5.99. The van der Waals surface area contributed by atoms with Crippen LogP contribution in [-0.2, 0) is 21.3 Å². The van der Waals surface area contributed by atoms with Crippen molar-refractivity contribution < 1.29 is 63.0 Å². The Morgan fingerprint density at radius 2 is 1.90 bits per heavy atom. The molecule has 31 heavy (non-hydrogen) atoms. The van der Waals surface area contributed by atoms with Gasteiger partial charge in [0.05, 0.1) is 47.5 Å². The standard InChI is InChI=1S/C16H15F2N3O4S.C3H6O.Na.H/c1-23-13-5-6-19-12(14(13)24-2)8-26(22)16-20-10-4-3-9(25-15(17)18)7-11(10)21-16;1-3(2)4;;/h3-7,15H,8H2,1-2H3,(H,20,21);1-2H3;;/q;;+1;-1. The number of Topliss-reactive ketones (excluding diaryl/α,β-unsaturated/α-hetero) is 1. The van der Waals surface area contributed by atoms with E-state index in [9.17, 15) is 17.8 Å². The molecule has 0 amide bonds. The quantitative estimate of drug-likeness (QED) is 0.510. The van der Waals surface area contributed by atoms with Gasteiger partial charge >= 0.3 is 36.2 Å². The average Bonchev–Trinajstić information content (AvgIpc) is 3.10. The Hall–Kier alpha value is -2.08. The number of nitrogens with zero attached hydrogens (tertiary/aromatic N) is 2. The first-order valence-electron chi connectivity index (χ1n) is 8.61. The van der Waals surface area contributed by atoms with Crippen LogP contribution in [0.3, 0.4) is 0 Å². The third-order valence-corrected chi connectivity index (χ3v) is 4.67. The molecule has 0 saturated carbocycles. The van der Waals surface area contributed by atoms with E-state index in [4.69, 9.17) is 9.47 Å². The molecule has 1 N–H and O–H groups in total. The molecule has 0 fully saturated rings. The normalized spacial score (nSPS) is 11.2. The number of hydrogen-bond acceptors (Lipinski definition) is 7. The van der Waals surface area contributed by atoms with Crippen molar-refractivity contribution in [1.82, 2.24) is 15.0 Å². The van der Waals surface area contributed by atoms with Crippen molar-refractivity contribution in [2.75, 3.05) is 14.2 Å². The Labute approximate surface area is 203 Å². The molecule has 0 aliphatic rings. The summed E-state index contributed by atoms with van der Waals surface area (Å²) in [5.41, 5.74) is 1.38. The van der Waals surface area contributed by atoms with Gasteiger partial charge in [-0.05, 0) is 26.0 Å². The van der Waals surface area contributed by atoms with Gasteiger partial charge in [-0.2, -0.15) is 8.78 Å². The van der Waals surface area contributed by atoms with E-state index in [1.807, 2.05) is 0 Å². The van der Waals surface area contributed by atoms with Crippen molar-refractivity contribution in [3.63, 3.8) is 0 Å². The number of aromatic nitrogens is 3. The molecule has 3 aromatic rings. The zero-order valence-corrected chi connectivity index (χ0v) is 20.6. The number of alkyl halides is 2. The van der Waals surface area contributed by atoms with Crippen LogP contribution in [0.25, 0.3) is 11.0 Å². The van der Waals surface area contributed by atoms with Crippen LogP contribution in [0.15, 0.2) is 35.6 Å². The molecule has 12 heteroatoms. The van der Waals surface area contributed by atoms with Gasteiger partial charge in [-0.1, -0.05) is 0 Å². The Morgan fingerprint density at radius 1 is 1.23 bits per heavy atom. The van der Waals surface area contributed by atoms with E-state index in [1.165, 1.54) is 52.5 Å². The van der Waals surface area contributed by atoms with Gasteiger partial charge in [-0.25, -0.2) is 4.98 Å². The molecule has 164 valence electrons. The number of benzene rings is 1. The maximum atomic E-state index is 12.6. The van der Waals surface area contributed by atoms with Crippen LogP contribution >= 0.6 is 0 Å². The summed E-state index contributed by atoms with van der Waals surface area (Å²) in [4.78, 5) is 20.7. The Kier molecular flexibility index (Phi) is 11.0. The summed E-state index contributed by atoms with van der Waals surface area (Å²) >= 11 is 0. The fraction of sp³-hybridized carbons (Fsp3) is 0.316. The second kappa shape index (κ2) is 12.7. The predicted molar refractivity (Wildman–Crippen MR) is 108 cm³/mol. The van der Waals surface area contributed by atoms with Crippen LogP contribution in [0.4, 0.5) is 8.78 Å². The zero-order valence-electron chi connectivity index (χ0n) is 18.8. The molecule has 0 saturated heterocycles. The van der Waals surface area contributed by atoms with Gasteiger partial charge in [0.15, 0.2) is 16.7 Å². The third kappa shape index (κ3) is 7.84.